The molecule has 0 radical (unpaired) electrons. The summed E-state index contributed by atoms with van der Waals surface area (Å²) in [4.78, 5) is 25.1. The molecule has 2 fully saturated rings. The molecule has 3 aliphatic rings. The van der Waals surface area contributed by atoms with Crippen molar-refractivity contribution in [3.05, 3.63) is 63.0 Å². The van der Waals surface area contributed by atoms with Crippen molar-refractivity contribution in [3.63, 3.8) is 0 Å². The van der Waals surface area contributed by atoms with Crippen molar-refractivity contribution in [2.24, 2.45) is 4.99 Å². The maximum Gasteiger partial charge on any atom is 0.338 e. The lowest BCUT2D eigenvalue weighted by atomic mass is 9.92. The summed E-state index contributed by atoms with van der Waals surface area (Å²) in [5.41, 5.74) is 1.28. The predicted molar refractivity (Wildman–Crippen MR) is 130 cm³/mol. The zero-order valence-electron chi connectivity index (χ0n) is 20.2. The molecule has 5 rings (SSSR count). The lowest BCUT2D eigenvalue weighted by Crippen LogP contribution is -2.43. The zero-order chi connectivity index (χ0) is 26.3. The molecule has 1 aromatic carbocycles. The topological polar surface area (TPSA) is 93.8 Å². The Hall–Kier alpha value is -3.43. The molecule has 1 N–H and O–H groups in total. The summed E-state index contributed by atoms with van der Waals surface area (Å²) in [6.07, 6.45) is 3.90. The normalized spacial score (nSPS) is 24.9. The number of fused-ring (bicyclic) bond motifs is 1. The summed E-state index contributed by atoms with van der Waals surface area (Å²) in [6, 6.07) is 1.85. The first-order valence-corrected chi connectivity index (χ1v) is 12.8. The largest absolute Gasteiger partial charge is 0.463 e. The highest BCUT2D eigenvalue weighted by atomic mass is 32.1. The van der Waals surface area contributed by atoms with Gasteiger partial charge in [0, 0.05) is 36.4 Å². The summed E-state index contributed by atoms with van der Waals surface area (Å²) in [5.74, 6) is -3.84. The van der Waals surface area contributed by atoms with Gasteiger partial charge in [-0.25, -0.2) is 22.9 Å². The van der Waals surface area contributed by atoms with E-state index < -0.39 is 42.4 Å². The number of aliphatic imine (C=N–C) groups is 1. The number of esters is 1. The lowest BCUT2D eigenvalue weighted by Gasteiger charge is -2.31. The third-order valence-electron chi connectivity index (χ3n) is 7.03. The third kappa shape index (κ3) is 4.46. The van der Waals surface area contributed by atoms with E-state index >= 15 is 8.78 Å². The standard InChI is InChI=1S/C25H25F3N6O2S/c1-3-36-24(35)19-17(11-34-12-25(27,28)21-18(34)7-9-33(21)13-29)31-22(23-30-8-10-37-23)32-20(19)15-5-4-6-16(26)14(15)2/h4-6,8,10,18,20-21H,3,7,9,11-12H2,1-2H3,(H,31,32)/t18-,20-,21+/m0/s1. The van der Waals surface area contributed by atoms with Crippen molar-refractivity contribution in [2.75, 3.05) is 26.2 Å². The predicted octanol–water partition coefficient (Wildman–Crippen LogP) is 3.37. The van der Waals surface area contributed by atoms with Gasteiger partial charge in [0.1, 0.15) is 17.9 Å². The minimum atomic E-state index is -3.10. The van der Waals surface area contributed by atoms with Crippen LogP contribution in [0.3, 0.4) is 0 Å². The minimum absolute atomic E-state index is 0.0283. The van der Waals surface area contributed by atoms with Gasteiger partial charge in [0.05, 0.1) is 18.7 Å². The Labute approximate surface area is 216 Å². The summed E-state index contributed by atoms with van der Waals surface area (Å²) in [5, 5.41) is 14.8. The van der Waals surface area contributed by atoms with E-state index in [2.05, 4.69) is 10.3 Å². The number of hydrogen-bond donors (Lipinski definition) is 1. The molecular formula is C25H25F3N6O2S. The molecule has 8 nitrogen and oxygen atoms in total. The van der Waals surface area contributed by atoms with E-state index in [1.54, 1.807) is 42.5 Å². The molecule has 0 bridgehead atoms. The van der Waals surface area contributed by atoms with Crippen LogP contribution < -0.4 is 5.32 Å². The van der Waals surface area contributed by atoms with Gasteiger partial charge in [-0.2, -0.15) is 5.26 Å². The number of amidine groups is 1. The van der Waals surface area contributed by atoms with Gasteiger partial charge in [0.2, 0.25) is 0 Å². The number of rotatable bonds is 6. The van der Waals surface area contributed by atoms with Crippen LogP contribution in [0.1, 0.15) is 35.5 Å². The van der Waals surface area contributed by atoms with Crippen molar-refractivity contribution in [3.8, 4) is 6.19 Å². The number of carbonyl (C=O) groups excluding carboxylic acids is 1. The van der Waals surface area contributed by atoms with Gasteiger partial charge in [-0.15, -0.1) is 11.3 Å². The van der Waals surface area contributed by atoms with E-state index in [9.17, 15) is 14.4 Å². The van der Waals surface area contributed by atoms with E-state index in [-0.39, 0.29) is 25.3 Å². The fraction of sp³-hybridized carbons (Fsp3) is 0.440. The average molecular weight is 531 g/mol. The van der Waals surface area contributed by atoms with Gasteiger partial charge in [-0.3, -0.25) is 14.8 Å². The van der Waals surface area contributed by atoms with Gasteiger partial charge in [0.25, 0.3) is 5.92 Å². The van der Waals surface area contributed by atoms with Gasteiger partial charge in [0.15, 0.2) is 17.0 Å². The molecule has 0 aliphatic carbocycles. The van der Waals surface area contributed by atoms with E-state index in [1.807, 2.05) is 6.19 Å². The van der Waals surface area contributed by atoms with Gasteiger partial charge in [-0.05, 0) is 37.5 Å². The number of aromatic nitrogens is 1. The highest BCUT2D eigenvalue weighted by Crippen LogP contribution is 2.42. The quantitative estimate of drug-likeness (QED) is 0.452. The summed E-state index contributed by atoms with van der Waals surface area (Å²) in [7, 11) is 0. The number of hydrogen-bond acceptors (Lipinski definition) is 9. The summed E-state index contributed by atoms with van der Waals surface area (Å²) in [6.45, 7) is 3.02. The molecule has 4 heterocycles. The summed E-state index contributed by atoms with van der Waals surface area (Å²) >= 11 is 1.32. The van der Waals surface area contributed by atoms with E-state index in [0.717, 1.165) is 4.90 Å². The second-order valence-electron chi connectivity index (χ2n) is 9.17. The van der Waals surface area contributed by atoms with Gasteiger partial charge in [-0.1, -0.05) is 12.1 Å². The fourth-order valence-corrected chi connectivity index (χ4v) is 5.99. The van der Waals surface area contributed by atoms with Crippen LogP contribution in [0.25, 0.3) is 0 Å². The Balaban J connectivity index is 1.61. The first-order valence-electron chi connectivity index (χ1n) is 11.9. The first-order chi connectivity index (χ1) is 17.7. The molecule has 194 valence electrons. The second-order valence-corrected chi connectivity index (χ2v) is 10.1. The number of nitriles is 1. The third-order valence-corrected chi connectivity index (χ3v) is 7.81. The number of likely N-dealkylation sites (tertiary alicyclic amines) is 2. The second kappa shape index (κ2) is 9.79. The number of nitrogens with one attached hydrogen (secondary N) is 1. The molecule has 37 heavy (non-hydrogen) atoms. The highest BCUT2D eigenvalue weighted by molar-refractivity contribution is 7.11. The van der Waals surface area contributed by atoms with Crippen LogP contribution >= 0.6 is 11.3 Å². The molecule has 0 saturated carbocycles. The van der Waals surface area contributed by atoms with Crippen LogP contribution in [0.15, 0.2) is 46.0 Å². The Morgan fingerprint density at radius 3 is 2.92 bits per heavy atom. The Morgan fingerprint density at radius 1 is 1.41 bits per heavy atom. The van der Waals surface area contributed by atoms with Crippen molar-refractivity contribution in [2.45, 2.75) is 44.3 Å². The van der Waals surface area contributed by atoms with Gasteiger partial charge < -0.3 is 10.1 Å². The van der Waals surface area contributed by atoms with Crippen molar-refractivity contribution < 1.29 is 22.7 Å². The fourth-order valence-electron chi connectivity index (χ4n) is 5.40. The van der Waals surface area contributed by atoms with Crippen LogP contribution in [0.2, 0.25) is 0 Å². The molecule has 3 atom stereocenters. The van der Waals surface area contributed by atoms with Crippen LogP contribution in [0.5, 0.6) is 0 Å². The number of halogens is 3. The van der Waals surface area contributed by atoms with E-state index in [0.29, 0.717) is 34.1 Å². The average Bonchev–Trinajstić information content (AvgIpc) is 3.59. The lowest BCUT2D eigenvalue weighted by molar-refractivity contribution is -0.139. The Kier molecular flexibility index (Phi) is 6.68. The van der Waals surface area contributed by atoms with Crippen LogP contribution in [-0.2, 0) is 9.53 Å². The zero-order valence-corrected chi connectivity index (χ0v) is 21.1. The number of thiazole rings is 1. The highest BCUT2D eigenvalue weighted by Gasteiger charge is 2.59. The van der Waals surface area contributed by atoms with Crippen LogP contribution in [0, 0.1) is 24.2 Å². The number of carbonyl (C=O) groups is 1. The maximum atomic E-state index is 15.0. The SMILES string of the molecule is CCOC(=O)C1=C(CN2CC(F)(F)[C@H]3[C@@H]2CCN3C#N)NC(c2nccs2)=N[C@H]1c1cccc(F)c1C. The summed E-state index contributed by atoms with van der Waals surface area (Å²) < 4.78 is 50.0. The molecule has 12 heteroatoms. The molecule has 0 spiro atoms. The molecule has 2 aromatic rings. The van der Waals surface area contributed by atoms with Crippen molar-refractivity contribution in [1.29, 1.82) is 5.26 Å². The first kappa shape index (κ1) is 25.2. The molecule has 0 amide bonds. The van der Waals surface area contributed by atoms with Crippen molar-refractivity contribution in [1.82, 2.24) is 20.1 Å². The Morgan fingerprint density at radius 2 is 2.22 bits per heavy atom. The molecular weight excluding hydrogens is 505 g/mol. The Bertz CT molecular complexity index is 1310. The number of benzene rings is 1. The van der Waals surface area contributed by atoms with Crippen molar-refractivity contribution >= 4 is 23.1 Å². The monoisotopic (exact) mass is 530 g/mol. The minimum Gasteiger partial charge on any atom is -0.463 e. The van der Waals surface area contributed by atoms with E-state index in [4.69, 9.17) is 9.73 Å². The van der Waals surface area contributed by atoms with E-state index in [1.165, 1.54) is 17.4 Å². The molecule has 1 aromatic heterocycles. The maximum absolute atomic E-state index is 15.0. The van der Waals surface area contributed by atoms with Gasteiger partial charge >= 0.3 is 5.97 Å². The molecule has 3 aliphatic heterocycles. The van der Waals surface area contributed by atoms with Crippen LogP contribution in [-0.4, -0.2) is 70.8 Å². The molecule has 0 unspecified atom stereocenters. The number of nitrogens with zero attached hydrogens (tertiary/aromatic N) is 5. The number of alkyl halides is 2. The number of ether oxygens (including phenoxy) is 1. The van der Waals surface area contributed by atoms with Crippen LogP contribution in [0.4, 0.5) is 13.2 Å². The molecule has 2 saturated heterocycles. The smallest absolute Gasteiger partial charge is 0.338 e.